The Hall–Kier alpha value is -2.13. The highest BCUT2D eigenvalue weighted by molar-refractivity contribution is 7.10. The molecule has 0 atom stereocenters. The van der Waals surface area contributed by atoms with E-state index in [2.05, 4.69) is 11.1 Å². The zero-order chi connectivity index (χ0) is 13.3. The minimum atomic E-state index is -1.04. The normalized spacial score (nSPS) is 11.2. The second-order valence-corrected chi connectivity index (χ2v) is 5.14. The fourth-order valence-corrected chi connectivity index (χ4v) is 2.19. The van der Waals surface area contributed by atoms with Crippen molar-refractivity contribution in [3.05, 3.63) is 28.3 Å². The lowest BCUT2D eigenvalue weighted by atomic mass is 9.97. The van der Waals surface area contributed by atoms with Crippen molar-refractivity contribution >= 4 is 17.3 Å². The summed E-state index contributed by atoms with van der Waals surface area (Å²) >= 11 is 1.35. The highest BCUT2D eigenvalue weighted by Gasteiger charge is 2.24. The molecule has 2 heterocycles. The first-order valence-electron chi connectivity index (χ1n) is 5.13. The van der Waals surface area contributed by atoms with Gasteiger partial charge >= 0.3 is 5.97 Å². The van der Waals surface area contributed by atoms with Crippen molar-refractivity contribution < 1.29 is 14.3 Å². The molecule has 2 rings (SSSR count). The van der Waals surface area contributed by atoms with Crippen LogP contribution in [0, 0.1) is 11.3 Å². The molecular formula is C12H10N2O3S. The number of aromatic carboxylic acids is 1. The topological polar surface area (TPSA) is 87.1 Å². The molecule has 0 unspecified atom stereocenters. The number of carboxylic acids is 1. The molecule has 1 N–H and O–H groups in total. The predicted molar refractivity (Wildman–Crippen MR) is 65.4 cm³/mol. The lowest BCUT2D eigenvalue weighted by molar-refractivity contribution is 0.0696. The fourth-order valence-electron chi connectivity index (χ4n) is 1.30. The summed E-state index contributed by atoms with van der Waals surface area (Å²) in [6, 6.07) is 3.59. The molecule has 6 heteroatoms. The molecule has 2 aromatic heterocycles. The van der Waals surface area contributed by atoms with Gasteiger partial charge < -0.3 is 9.52 Å². The van der Waals surface area contributed by atoms with Gasteiger partial charge in [0.05, 0.1) is 11.6 Å². The van der Waals surface area contributed by atoms with E-state index >= 15 is 0 Å². The number of nitrogens with zero attached hydrogens (tertiary/aromatic N) is 2. The van der Waals surface area contributed by atoms with Gasteiger partial charge in [-0.05, 0) is 13.8 Å². The second kappa shape index (κ2) is 4.27. The van der Waals surface area contributed by atoms with Crippen LogP contribution in [0.4, 0.5) is 0 Å². The largest absolute Gasteiger partial charge is 0.478 e. The van der Waals surface area contributed by atoms with Crippen molar-refractivity contribution in [3.8, 4) is 17.5 Å². The van der Waals surface area contributed by atoms with E-state index in [0.29, 0.717) is 16.5 Å². The lowest BCUT2D eigenvalue weighted by Gasteiger charge is -2.09. The molecule has 0 aliphatic heterocycles. The molecule has 0 amide bonds. The van der Waals surface area contributed by atoms with E-state index < -0.39 is 11.4 Å². The molecule has 0 aliphatic carbocycles. The smallest absolute Gasteiger partial charge is 0.338 e. The molecular weight excluding hydrogens is 252 g/mol. The van der Waals surface area contributed by atoms with Crippen LogP contribution in [-0.2, 0) is 5.41 Å². The zero-order valence-electron chi connectivity index (χ0n) is 9.80. The molecule has 0 saturated carbocycles. The molecule has 0 fully saturated rings. The summed E-state index contributed by atoms with van der Waals surface area (Å²) in [5, 5.41) is 20.2. The van der Waals surface area contributed by atoms with Crippen molar-refractivity contribution in [1.29, 1.82) is 5.26 Å². The van der Waals surface area contributed by atoms with E-state index in [9.17, 15) is 4.79 Å². The maximum atomic E-state index is 10.7. The number of carbonyl (C=O) groups is 1. The number of aromatic nitrogens is 1. The average Bonchev–Trinajstić information content (AvgIpc) is 2.97. The van der Waals surface area contributed by atoms with Gasteiger partial charge in [0.25, 0.3) is 0 Å². The van der Waals surface area contributed by atoms with Crippen LogP contribution < -0.4 is 0 Å². The van der Waals surface area contributed by atoms with Crippen molar-refractivity contribution in [1.82, 2.24) is 4.98 Å². The van der Waals surface area contributed by atoms with Crippen molar-refractivity contribution in [3.63, 3.8) is 0 Å². The highest BCUT2D eigenvalue weighted by atomic mass is 32.1. The number of furan rings is 1. The average molecular weight is 262 g/mol. The summed E-state index contributed by atoms with van der Waals surface area (Å²) in [5.41, 5.74) is -0.0320. The van der Waals surface area contributed by atoms with Crippen LogP contribution in [0.2, 0.25) is 0 Å². The van der Waals surface area contributed by atoms with Gasteiger partial charge in [-0.1, -0.05) is 0 Å². The van der Waals surface area contributed by atoms with E-state index in [0.717, 1.165) is 0 Å². The van der Waals surface area contributed by atoms with Crippen LogP contribution in [0.1, 0.15) is 29.2 Å². The number of hydrogen-bond donors (Lipinski definition) is 1. The number of hydrogen-bond acceptors (Lipinski definition) is 5. The van der Waals surface area contributed by atoms with Crippen LogP contribution in [0.25, 0.3) is 11.5 Å². The predicted octanol–water partition coefficient (Wildman–Crippen LogP) is 2.90. The quantitative estimate of drug-likeness (QED) is 0.918. The minimum Gasteiger partial charge on any atom is -0.478 e. The van der Waals surface area contributed by atoms with E-state index in [1.54, 1.807) is 19.2 Å². The first-order valence-corrected chi connectivity index (χ1v) is 6.01. The maximum Gasteiger partial charge on any atom is 0.338 e. The number of carboxylic acid groups (broad SMARTS) is 1. The molecule has 0 bridgehead atoms. The van der Waals surface area contributed by atoms with Gasteiger partial charge in [0.2, 0.25) is 0 Å². The summed E-state index contributed by atoms with van der Waals surface area (Å²) in [7, 11) is 0. The molecule has 0 saturated heterocycles. The number of thiazole rings is 1. The van der Waals surface area contributed by atoms with E-state index in [4.69, 9.17) is 14.8 Å². The number of rotatable bonds is 3. The Balaban J connectivity index is 2.35. The summed E-state index contributed by atoms with van der Waals surface area (Å²) in [6.45, 7) is 3.56. The van der Waals surface area contributed by atoms with Crippen LogP contribution in [0.15, 0.2) is 22.1 Å². The molecule has 2 aromatic rings. The third-order valence-electron chi connectivity index (χ3n) is 2.42. The lowest BCUT2D eigenvalue weighted by Crippen LogP contribution is -2.13. The monoisotopic (exact) mass is 262 g/mol. The van der Waals surface area contributed by atoms with Gasteiger partial charge in [-0.25, -0.2) is 9.78 Å². The van der Waals surface area contributed by atoms with Gasteiger partial charge in [0.1, 0.15) is 22.4 Å². The van der Waals surface area contributed by atoms with E-state index in [1.165, 1.54) is 23.7 Å². The van der Waals surface area contributed by atoms with E-state index in [1.807, 2.05) is 0 Å². The van der Waals surface area contributed by atoms with Gasteiger partial charge in [0, 0.05) is 11.4 Å². The molecule has 0 radical (unpaired) electrons. The third kappa shape index (κ3) is 2.13. The SMILES string of the molecule is CC(C)(C#N)c1nc(-c2cc(C(=O)O)co2)cs1. The Morgan fingerprint density at radius 2 is 2.33 bits per heavy atom. The van der Waals surface area contributed by atoms with Crippen LogP contribution >= 0.6 is 11.3 Å². The minimum absolute atomic E-state index is 0.0825. The fraction of sp³-hybridized carbons (Fsp3) is 0.250. The molecule has 18 heavy (non-hydrogen) atoms. The second-order valence-electron chi connectivity index (χ2n) is 4.28. The Morgan fingerprint density at radius 3 is 2.89 bits per heavy atom. The molecule has 92 valence electrons. The molecule has 0 spiro atoms. The van der Waals surface area contributed by atoms with Gasteiger partial charge in [0.15, 0.2) is 5.76 Å². The Kier molecular flexibility index (Phi) is 2.93. The van der Waals surface area contributed by atoms with Crippen LogP contribution in [0.3, 0.4) is 0 Å². The van der Waals surface area contributed by atoms with Crippen LogP contribution in [0.5, 0.6) is 0 Å². The Labute approximate surface area is 107 Å². The molecule has 0 aromatic carbocycles. The Morgan fingerprint density at radius 1 is 1.61 bits per heavy atom. The third-order valence-corrected chi connectivity index (χ3v) is 3.58. The molecule has 5 nitrogen and oxygen atoms in total. The van der Waals surface area contributed by atoms with Gasteiger partial charge in [-0.15, -0.1) is 11.3 Å². The maximum absolute atomic E-state index is 10.7. The van der Waals surface area contributed by atoms with Gasteiger partial charge in [-0.2, -0.15) is 5.26 Å². The zero-order valence-corrected chi connectivity index (χ0v) is 10.6. The Bertz CT molecular complexity index is 634. The first-order chi connectivity index (χ1) is 8.44. The summed E-state index contributed by atoms with van der Waals surface area (Å²) in [6.07, 6.45) is 1.17. The standard InChI is InChI=1S/C12H10N2O3S/c1-12(2,6-13)11-14-8(5-18-11)9-3-7(4-17-9)10(15)16/h3-5H,1-2H3,(H,15,16). The van der Waals surface area contributed by atoms with Gasteiger partial charge in [-0.3, -0.25) is 0 Å². The summed E-state index contributed by atoms with van der Waals surface area (Å²) < 4.78 is 5.15. The van der Waals surface area contributed by atoms with E-state index in [-0.39, 0.29) is 5.56 Å². The number of nitriles is 1. The van der Waals surface area contributed by atoms with Crippen molar-refractivity contribution in [2.24, 2.45) is 0 Å². The highest BCUT2D eigenvalue weighted by Crippen LogP contribution is 2.30. The summed E-state index contributed by atoms with van der Waals surface area (Å²) in [4.78, 5) is 15.0. The van der Waals surface area contributed by atoms with Crippen LogP contribution in [-0.4, -0.2) is 16.1 Å². The van der Waals surface area contributed by atoms with Crippen molar-refractivity contribution in [2.45, 2.75) is 19.3 Å². The first kappa shape index (κ1) is 12.3. The molecule has 0 aliphatic rings. The summed E-state index contributed by atoms with van der Waals surface area (Å²) in [5.74, 6) is -0.651. The van der Waals surface area contributed by atoms with Crippen molar-refractivity contribution in [2.75, 3.05) is 0 Å².